The van der Waals surface area contributed by atoms with Crippen LogP contribution in [0, 0.1) is 0 Å². The van der Waals surface area contributed by atoms with Gasteiger partial charge in [-0.05, 0) is 31.4 Å². The topological polar surface area (TPSA) is 23.5 Å². The van der Waals surface area contributed by atoms with E-state index < -0.39 is 0 Å². The average molecular weight is 226 g/mol. The SMILES string of the molecule is OCc1ccc(Cl)cc1N1CCCCC1. The first-order valence-electron chi connectivity index (χ1n) is 5.45. The summed E-state index contributed by atoms with van der Waals surface area (Å²) in [5.41, 5.74) is 2.08. The molecule has 2 rings (SSSR count). The Balaban J connectivity index is 2.27. The quantitative estimate of drug-likeness (QED) is 0.837. The van der Waals surface area contributed by atoms with Gasteiger partial charge in [0.1, 0.15) is 0 Å². The lowest BCUT2D eigenvalue weighted by atomic mass is 10.1. The van der Waals surface area contributed by atoms with Gasteiger partial charge in [-0.3, -0.25) is 0 Å². The normalized spacial score (nSPS) is 16.8. The minimum absolute atomic E-state index is 0.0863. The number of piperidine rings is 1. The number of rotatable bonds is 2. The van der Waals surface area contributed by atoms with Crippen LogP contribution < -0.4 is 4.90 Å². The van der Waals surface area contributed by atoms with E-state index in [0.29, 0.717) is 0 Å². The van der Waals surface area contributed by atoms with Crippen LogP contribution in [-0.2, 0) is 6.61 Å². The number of halogens is 1. The zero-order valence-electron chi connectivity index (χ0n) is 8.75. The largest absolute Gasteiger partial charge is 0.392 e. The molecule has 0 aromatic heterocycles. The Morgan fingerprint density at radius 1 is 1.20 bits per heavy atom. The summed E-state index contributed by atoms with van der Waals surface area (Å²) in [5, 5.41) is 10.0. The van der Waals surface area contributed by atoms with E-state index in [1.807, 2.05) is 18.2 Å². The molecular weight excluding hydrogens is 210 g/mol. The molecule has 2 nitrogen and oxygen atoms in total. The van der Waals surface area contributed by atoms with E-state index in [1.165, 1.54) is 19.3 Å². The second kappa shape index (κ2) is 4.86. The summed E-state index contributed by atoms with van der Waals surface area (Å²) in [6, 6.07) is 5.70. The van der Waals surface area contributed by atoms with E-state index in [-0.39, 0.29) is 6.61 Å². The van der Waals surface area contributed by atoms with Crippen molar-refractivity contribution in [3.63, 3.8) is 0 Å². The highest BCUT2D eigenvalue weighted by atomic mass is 35.5. The van der Waals surface area contributed by atoms with Crippen molar-refractivity contribution in [1.82, 2.24) is 0 Å². The zero-order chi connectivity index (χ0) is 10.7. The fraction of sp³-hybridized carbons (Fsp3) is 0.500. The van der Waals surface area contributed by atoms with Crippen molar-refractivity contribution in [2.75, 3.05) is 18.0 Å². The average Bonchev–Trinajstić information content (AvgIpc) is 2.30. The van der Waals surface area contributed by atoms with E-state index in [4.69, 9.17) is 11.6 Å². The molecule has 0 unspecified atom stereocenters. The number of aliphatic hydroxyl groups excluding tert-OH is 1. The second-order valence-corrected chi connectivity index (χ2v) is 4.42. The van der Waals surface area contributed by atoms with Crippen molar-refractivity contribution < 1.29 is 5.11 Å². The van der Waals surface area contributed by atoms with Crippen LogP contribution in [0.2, 0.25) is 5.02 Å². The third-order valence-corrected chi connectivity index (χ3v) is 3.15. The molecule has 1 aromatic rings. The van der Waals surface area contributed by atoms with Crippen molar-refractivity contribution in [1.29, 1.82) is 0 Å². The smallest absolute Gasteiger partial charge is 0.0702 e. The predicted octanol–water partition coefficient (Wildman–Crippen LogP) is 2.82. The molecule has 0 spiro atoms. The van der Waals surface area contributed by atoms with Crippen LogP contribution in [-0.4, -0.2) is 18.2 Å². The third-order valence-electron chi connectivity index (χ3n) is 2.91. The maximum Gasteiger partial charge on any atom is 0.0702 e. The zero-order valence-corrected chi connectivity index (χ0v) is 9.50. The van der Waals surface area contributed by atoms with Crippen LogP contribution in [0.3, 0.4) is 0 Å². The summed E-state index contributed by atoms with van der Waals surface area (Å²) in [7, 11) is 0. The molecule has 0 atom stereocenters. The van der Waals surface area contributed by atoms with E-state index in [1.54, 1.807) is 0 Å². The summed E-state index contributed by atoms with van der Waals surface area (Å²) in [6.07, 6.45) is 3.78. The Morgan fingerprint density at radius 3 is 2.60 bits per heavy atom. The van der Waals surface area contributed by atoms with Crippen molar-refractivity contribution in [2.24, 2.45) is 0 Å². The highest BCUT2D eigenvalue weighted by molar-refractivity contribution is 6.30. The van der Waals surface area contributed by atoms with E-state index >= 15 is 0 Å². The van der Waals surface area contributed by atoms with Gasteiger partial charge in [0.05, 0.1) is 6.61 Å². The number of anilines is 1. The minimum atomic E-state index is 0.0863. The van der Waals surface area contributed by atoms with Gasteiger partial charge in [-0.2, -0.15) is 0 Å². The summed E-state index contributed by atoms with van der Waals surface area (Å²) < 4.78 is 0. The molecule has 1 aliphatic rings. The van der Waals surface area contributed by atoms with E-state index in [2.05, 4.69) is 4.90 Å². The lowest BCUT2D eigenvalue weighted by molar-refractivity contribution is 0.282. The maximum absolute atomic E-state index is 9.27. The molecule has 1 aliphatic heterocycles. The summed E-state index contributed by atoms with van der Waals surface area (Å²) in [4.78, 5) is 2.32. The molecule has 1 heterocycles. The van der Waals surface area contributed by atoms with Gasteiger partial charge in [-0.1, -0.05) is 17.7 Å². The minimum Gasteiger partial charge on any atom is -0.392 e. The number of hydrogen-bond acceptors (Lipinski definition) is 2. The van der Waals surface area contributed by atoms with Crippen LogP contribution in [0.5, 0.6) is 0 Å². The molecule has 15 heavy (non-hydrogen) atoms. The van der Waals surface area contributed by atoms with Gasteiger partial charge in [-0.15, -0.1) is 0 Å². The number of hydrogen-bond donors (Lipinski definition) is 1. The van der Waals surface area contributed by atoms with E-state index in [0.717, 1.165) is 29.4 Å². The molecule has 0 amide bonds. The Labute approximate surface area is 95.5 Å². The van der Waals surface area contributed by atoms with Crippen molar-refractivity contribution in [3.8, 4) is 0 Å². The van der Waals surface area contributed by atoms with Gasteiger partial charge in [0, 0.05) is 29.4 Å². The predicted molar refractivity (Wildman–Crippen MR) is 63.4 cm³/mol. The molecule has 82 valence electrons. The molecule has 1 fully saturated rings. The van der Waals surface area contributed by atoms with Crippen molar-refractivity contribution in [3.05, 3.63) is 28.8 Å². The fourth-order valence-corrected chi connectivity index (χ4v) is 2.27. The number of aliphatic hydroxyl groups is 1. The van der Waals surface area contributed by atoms with E-state index in [9.17, 15) is 5.11 Å². The standard InChI is InChI=1S/C12H16ClNO/c13-11-5-4-10(9-15)12(8-11)14-6-2-1-3-7-14/h4-5,8,15H,1-3,6-7,9H2. The van der Waals surface area contributed by atoms with Gasteiger partial charge in [0.2, 0.25) is 0 Å². The Kier molecular flexibility index (Phi) is 3.49. The molecular formula is C12H16ClNO. The highest BCUT2D eigenvalue weighted by Gasteiger charge is 2.14. The lowest BCUT2D eigenvalue weighted by Gasteiger charge is -2.30. The van der Waals surface area contributed by atoms with Gasteiger partial charge in [0.25, 0.3) is 0 Å². The van der Waals surface area contributed by atoms with Crippen LogP contribution in [0.15, 0.2) is 18.2 Å². The molecule has 3 heteroatoms. The highest BCUT2D eigenvalue weighted by Crippen LogP contribution is 2.27. The maximum atomic E-state index is 9.27. The van der Waals surface area contributed by atoms with Crippen LogP contribution in [0.4, 0.5) is 5.69 Å². The van der Waals surface area contributed by atoms with Crippen LogP contribution in [0.25, 0.3) is 0 Å². The summed E-state index contributed by atoms with van der Waals surface area (Å²) in [5.74, 6) is 0. The van der Waals surface area contributed by atoms with Gasteiger partial charge < -0.3 is 10.0 Å². The van der Waals surface area contributed by atoms with Gasteiger partial charge in [-0.25, -0.2) is 0 Å². The molecule has 1 aromatic carbocycles. The molecule has 0 bridgehead atoms. The Hall–Kier alpha value is -0.730. The second-order valence-electron chi connectivity index (χ2n) is 3.98. The molecule has 0 saturated carbocycles. The van der Waals surface area contributed by atoms with Crippen LogP contribution >= 0.6 is 11.6 Å². The Morgan fingerprint density at radius 2 is 1.93 bits per heavy atom. The van der Waals surface area contributed by atoms with Crippen LogP contribution in [0.1, 0.15) is 24.8 Å². The Bertz CT molecular complexity index is 334. The molecule has 1 N–H and O–H groups in total. The van der Waals surface area contributed by atoms with Gasteiger partial charge in [0.15, 0.2) is 0 Å². The first kappa shape index (κ1) is 10.8. The summed E-state index contributed by atoms with van der Waals surface area (Å²) >= 11 is 5.98. The first-order valence-corrected chi connectivity index (χ1v) is 5.83. The van der Waals surface area contributed by atoms with Gasteiger partial charge >= 0.3 is 0 Å². The fourth-order valence-electron chi connectivity index (χ4n) is 2.10. The monoisotopic (exact) mass is 225 g/mol. The van der Waals surface area contributed by atoms with Crippen molar-refractivity contribution in [2.45, 2.75) is 25.9 Å². The third kappa shape index (κ3) is 2.44. The summed E-state index contributed by atoms with van der Waals surface area (Å²) in [6.45, 7) is 2.24. The van der Waals surface area contributed by atoms with Crippen molar-refractivity contribution >= 4 is 17.3 Å². The number of nitrogens with zero attached hydrogens (tertiary/aromatic N) is 1. The first-order chi connectivity index (χ1) is 7.31. The molecule has 0 aliphatic carbocycles. The number of benzene rings is 1. The molecule has 1 saturated heterocycles. The lowest BCUT2D eigenvalue weighted by Crippen LogP contribution is -2.30. The molecule has 0 radical (unpaired) electrons.